The molecule has 0 saturated heterocycles. The number of aromatic nitrogens is 1. The standard InChI is InChI=1S/C18H16ClN3O/c1-2-12-4-3-5-16-14(10-20-17(12)16)11-21-22-18(23)13-6-8-15(19)9-7-13/h3-11,20H,2H2,1H3,(H,22,23)/b21-11+. The summed E-state index contributed by atoms with van der Waals surface area (Å²) >= 11 is 5.80. The van der Waals surface area contributed by atoms with E-state index in [1.54, 1.807) is 30.5 Å². The van der Waals surface area contributed by atoms with E-state index in [1.807, 2.05) is 18.3 Å². The smallest absolute Gasteiger partial charge is 0.271 e. The van der Waals surface area contributed by atoms with Crippen molar-refractivity contribution in [3.8, 4) is 0 Å². The van der Waals surface area contributed by atoms with Crippen molar-refractivity contribution in [2.24, 2.45) is 5.10 Å². The summed E-state index contributed by atoms with van der Waals surface area (Å²) in [5.41, 5.74) is 6.34. The number of carbonyl (C=O) groups is 1. The Hall–Kier alpha value is -2.59. The highest BCUT2D eigenvalue weighted by atomic mass is 35.5. The summed E-state index contributed by atoms with van der Waals surface area (Å²) in [6.45, 7) is 2.12. The Balaban J connectivity index is 1.76. The number of aryl methyl sites for hydroxylation is 1. The van der Waals surface area contributed by atoms with Crippen LogP contribution in [-0.4, -0.2) is 17.1 Å². The molecule has 23 heavy (non-hydrogen) atoms. The molecule has 0 aliphatic rings. The highest BCUT2D eigenvalue weighted by Gasteiger charge is 2.06. The molecular formula is C18H16ClN3O. The van der Waals surface area contributed by atoms with Gasteiger partial charge in [-0.2, -0.15) is 5.10 Å². The lowest BCUT2D eigenvalue weighted by Crippen LogP contribution is -2.17. The van der Waals surface area contributed by atoms with Crippen molar-refractivity contribution >= 4 is 34.6 Å². The fourth-order valence-corrected chi connectivity index (χ4v) is 2.59. The second-order valence-corrected chi connectivity index (χ2v) is 5.58. The molecule has 3 rings (SSSR count). The first-order valence-corrected chi connectivity index (χ1v) is 7.74. The molecule has 5 heteroatoms. The van der Waals surface area contributed by atoms with Gasteiger partial charge in [0.2, 0.25) is 0 Å². The topological polar surface area (TPSA) is 57.2 Å². The second-order valence-electron chi connectivity index (χ2n) is 5.14. The van der Waals surface area contributed by atoms with Crippen molar-refractivity contribution in [2.45, 2.75) is 13.3 Å². The third-order valence-corrected chi connectivity index (χ3v) is 3.94. The molecule has 0 aliphatic carbocycles. The normalized spacial score (nSPS) is 11.2. The first kappa shape index (κ1) is 15.3. The van der Waals surface area contributed by atoms with Crippen LogP contribution in [0.3, 0.4) is 0 Å². The van der Waals surface area contributed by atoms with Gasteiger partial charge in [-0.1, -0.05) is 36.7 Å². The zero-order valence-electron chi connectivity index (χ0n) is 12.6. The van der Waals surface area contributed by atoms with Gasteiger partial charge in [0.1, 0.15) is 0 Å². The summed E-state index contributed by atoms with van der Waals surface area (Å²) in [6.07, 6.45) is 4.50. The van der Waals surface area contributed by atoms with Gasteiger partial charge in [-0.3, -0.25) is 4.79 Å². The average molecular weight is 326 g/mol. The van der Waals surface area contributed by atoms with Crippen LogP contribution in [-0.2, 0) is 6.42 Å². The van der Waals surface area contributed by atoms with Crippen LogP contribution in [0.4, 0.5) is 0 Å². The molecule has 4 nitrogen and oxygen atoms in total. The SMILES string of the molecule is CCc1cccc2c(/C=N/NC(=O)c3ccc(Cl)cc3)c[nH]c12. The predicted molar refractivity (Wildman–Crippen MR) is 94.2 cm³/mol. The molecule has 3 aromatic rings. The van der Waals surface area contributed by atoms with Gasteiger partial charge in [0.05, 0.1) is 6.21 Å². The molecule has 0 saturated carbocycles. The quantitative estimate of drug-likeness (QED) is 0.549. The highest BCUT2D eigenvalue weighted by molar-refractivity contribution is 6.30. The van der Waals surface area contributed by atoms with Gasteiger partial charge in [-0.25, -0.2) is 5.43 Å². The van der Waals surface area contributed by atoms with E-state index in [1.165, 1.54) is 5.56 Å². The minimum Gasteiger partial charge on any atom is -0.360 e. The number of fused-ring (bicyclic) bond motifs is 1. The molecule has 0 radical (unpaired) electrons. The molecule has 0 aliphatic heterocycles. The molecule has 2 aromatic carbocycles. The number of rotatable bonds is 4. The monoisotopic (exact) mass is 325 g/mol. The lowest BCUT2D eigenvalue weighted by molar-refractivity contribution is 0.0955. The summed E-state index contributed by atoms with van der Waals surface area (Å²) in [7, 11) is 0. The molecule has 0 unspecified atom stereocenters. The van der Waals surface area contributed by atoms with Crippen LogP contribution < -0.4 is 5.43 Å². The van der Waals surface area contributed by atoms with Gasteiger partial charge in [0.15, 0.2) is 0 Å². The molecule has 1 heterocycles. The van der Waals surface area contributed by atoms with E-state index in [0.717, 1.165) is 22.9 Å². The number of nitrogens with zero attached hydrogens (tertiary/aromatic N) is 1. The number of amides is 1. The Morgan fingerprint density at radius 3 is 2.78 bits per heavy atom. The molecule has 0 spiro atoms. The van der Waals surface area contributed by atoms with E-state index in [4.69, 9.17) is 11.6 Å². The molecule has 0 bridgehead atoms. The van der Waals surface area contributed by atoms with Crippen LogP contribution in [0, 0.1) is 0 Å². The maximum absolute atomic E-state index is 12.0. The molecule has 1 aromatic heterocycles. The van der Waals surface area contributed by atoms with E-state index in [0.29, 0.717) is 10.6 Å². The second kappa shape index (κ2) is 6.67. The summed E-state index contributed by atoms with van der Waals surface area (Å²) < 4.78 is 0. The lowest BCUT2D eigenvalue weighted by Gasteiger charge is -2.00. The van der Waals surface area contributed by atoms with E-state index in [9.17, 15) is 4.79 Å². The van der Waals surface area contributed by atoms with Crippen LogP contribution in [0.1, 0.15) is 28.4 Å². The third kappa shape index (κ3) is 3.27. The van der Waals surface area contributed by atoms with E-state index in [-0.39, 0.29) is 5.91 Å². The number of nitrogens with one attached hydrogen (secondary N) is 2. The zero-order chi connectivity index (χ0) is 16.2. The van der Waals surface area contributed by atoms with Gasteiger partial charge in [-0.15, -0.1) is 0 Å². The van der Waals surface area contributed by atoms with Crippen LogP contribution in [0.25, 0.3) is 10.9 Å². The van der Waals surface area contributed by atoms with Gasteiger partial charge in [0, 0.05) is 33.2 Å². The van der Waals surface area contributed by atoms with Crippen molar-refractivity contribution < 1.29 is 4.79 Å². The maximum atomic E-state index is 12.0. The Bertz CT molecular complexity index is 866. The Morgan fingerprint density at radius 1 is 1.26 bits per heavy atom. The number of hydrogen-bond donors (Lipinski definition) is 2. The van der Waals surface area contributed by atoms with Crippen LogP contribution in [0.5, 0.6) is 0 Å². The first-order valence-electron chi connectivity index (χ1n) is 7.37. The number of benzene rings is 2. The first-order chi connectivity index (χ1) is 11.2. The average Bonchev–Trinajstić information content (AvgIpc) is 2.98. The molecule has 0 fully saturated rings. The molecule has 1 amide bonds. The van der Waals surface area contributed by atoms with Crippen molar-refractivity contribution in [1.82, 2.24) is 10.4 Å². The van der Waals surface area contributed by atoms with Gasteiger partial charge < -0.3 is 4.98 Å². The summed E-state index contributed by atoms with van der Waals surface area (Å²) in [4.78, 5) is 15.2. The largest absolute Gasteiger partial charge is 0.360 e. The Morgan fingerprint density at radius 2 is 2.04 bits per heavy atom. The summed E-state index contributed by atoms with van der Waals surface area (Å²) in [5.74, 6) is -0.271. The third-order valence-electron chi connectivity index (χ3n) is 3.69. The number of halogens is 1. The Labute approximate surface area is 139 Å². The van der Waals surface area contributed by atoms with Crippen LogP contribution >= 0.6 is 11.6 Å². The Kier molecular flexibility index (Phi) is 4.44. The predicted octanol–water partition coefficient (Wildman–Crippen LogP) is 4.15. The maximum Gasteiger partial charge on any atom is 0.271 e. The number of hydrogen-bond acceptors (Lipinski definition) is 2. The number of para-hydroxylation sites is 1. The molecule has 2 N–H and O–H groups in total. The van der Waals surface area contributed by atoms with Crippen molar-refractivity contribution in [3.63, 3.8) is 0 Å². The van der Waals surface area contributed by atoms with E-state index in [2.05, 4.69) is 28.5 Å². The number of aromatic amines is 1. The summed E-state index contributed by atoms with van der Waals surface area (Å²) in [6, 6.07) is 12.8. The van der Waals surface area contributed by atoms with Gasteiger partial charge in [0.25, 0.3) is 5.91 Å². The molecule has 116 valence electrons. The number of H-pyrrole nitrogens is 1. The lowest BCUT2D eigenvalue weighted by atomic mass is 10.1. The fraction of sp³-hybridized carbons (Fsp3) is 0.111. The summed E-state index contributed by atoms with van der Waals surface area (Å²) in [5, 5.41) is 5.73. The van der Waals surface area contributed by atoms with Crippen molar-refractivity contribution in [3.05, 3.63) is 70.4 Å². The van der Waals surface area contributed by atoms with Crippen molar-refractivity contribution in [1.29, 1.82) is 0 Å². The van der Waals surface area contributed by atoms with Crippen LogP contribution in [0.15, 0.2) is 53.8 Å². The van der Waals surface area contributed by atoms with E-state index < -0.39 is 0 Å². The molecular weight excluding hydrogens is 310 g/mol. The number of carbonyl (C=O) groups excluding carboxylic acids is 1. The van der Waals surface area contributed by atoms with Crippen LogP contribution in [0.2, 0.25) is 5.02 Å². The minimum absolute atomic E-state index is 0.271. The van der Waals surface area contributed by atoms with Gasteiger partial charge >= 0.3 is 0 Å². The highest BCUT2D eigenvalue weighted by Crippen LogP contribution is 2.20. The van der Waals surface area contributed by atoms with Crippen molar-refractivity contribution in [2.75, 3.05) is 0 Å². The number of hydrazone groups is 1. The van der Waals surface area contributed by atoms with E-state index >= 15 is 0 Å². The minimum atomic E-state index is -0.271. The fourth-order valence-electron chi connectivity index (χ4n) is 2.47. The zero-order valence-corrected chi connectivity index (χ0v) is 13.4. The molecule has 0 atom stereocenters. The van der Waals surface area contributed by atoms with Gasteiger partial charge in [-0.05, 0) is 36.2 Å².